The Balaban J connectivity index is 2.39. The summed E-state index contributed by atoms with van der Waals surface area (Å²) in [6, 6.07) is 14.3. The average Bonchev–Trinajstić information content (AvgIpc) is 2.67. The molecule has 2 aromatic rings. The molecule has 0 saturated heterocycles. The Morgan fingerprint density at radius 1 is 1.03 bits per heavy atom. The zero-order chi connectivity index (χ0) is 22.5. The van der Waals surface area contributed by atoms with Crippen molar-refractivity contribution in [2.45, 2.75) is 59.5 Å². The van der Waals surface area contributed by atoms with Gasteiger partial charge in [-0.05, 0) is 61.4 Å². The highest BCUT2D eigenvalue weighted by molar-refractivity contribution is 7.92. The minimum atomic E-state index is -3.65. The number of anilines is 1. The average molecular weight is 431 g/mol. The van der Waals surface area contributed by atoms with E-state index in [-0.39, 0.29) is 11.9 Å². The summed E-state index contributed by atoms with van der Waals surface area (Å²) >= 11 is 0. The van der Waals surface area contributed by atoms with Crippen LogP contribution in [0.15, 0.2) is 48.5 Å². The van der Waals surface area contributed by atoms with Crippen molar-refractivity contribution in [3.8, 4) is 0 Å². The molecule has 5 nitrogen and oxygen atoms in total. The zero-order valence-electron chi connectivity index (χ0n) is 18.8. The van der Waals surface area contributed by atoms with Crippen molar-refractivity contribution in [2.75, 3.05) is 10.6 Å². The molecule has 0 spiro atoms. The highest BCUT2D eigenvalue weighted by atomic mass is 32.2. The second kappa shape index (κ2) is 10.1. The molecule has 0 heterocycles. The predicted molar refractivity (Wildman–Crippen MR) is 124 cm³/mol. The van der Waals surface area contributed by atoms with E-state index in [9.17, 15) is 13.2 Å². The Morgan fingerprint density at radius 2 is 1.67 bits per heavy atom. The lowest BCUT2D eigenvalue weighted by molar-refractivity contribution is -0.123. The number of amides is 1. The first-order valence-electron chi connectivity index (χ1n) is 10.5. The lowest BCUT2D eigenvalue weighted by Gasteiger charge is -2.32. The summed E-state index contributed by atoms with van der Waals surface area (Å²) in [6.45, 7) is 9.97. The van der Waals surface area contributed by atoms with Crippen LogP contribution in [0.25, 0.3) is 0 Å². The lowest BCUT2D eigenvalue weighted by atomic mass is 9.96. The molecule has 0 aromatic heterocycles. The van der Waals surface area contributed by atoms with Gasteiger partial charge in [-0.1, -0.05) is 57.2 Å². The van der Waals surface area contributed by atoms with Gasteiger partial charge in [0.1, 0.15) is 6.04 Å². The van der Waals surface area contributed by atoms with Gasteiger partial charge in [-0.15, -0.1) is 0 Å². The fraction of sp³-hybridized carbons (Fsp3) is 0.458. The summed E-state index contributed by atoms with van der Waals surface area (Å²) in [7, 11) is -3.65. The maximum Gasteiger partial charge on any atom is 0.244 e. The van der Waals surface area contributed by atoms with E-state index < -0.39 is 16.1 Å². The Kier molecular flexibility index (Phi) is 8.07. The van der Waals surface area contributed by atoms with E-state index in [1.807, 2.05) is 63.2 Å². The molecule has 0 saturated carbocycles. The molecule has 2 aromatic carbocycles. The third kappa shape index (κ3) is 6.08. The van der Waals surface area contributed by atoms with Crippen LogP contribution in [0.4, 0.5) is 5.69 Å². The molecule has 0 unspecified atom stereocenters. The van der Waals surface area contributed by atoms with Crippen LogP contribution >= 0.6 is 0 Å². The molecule has 0 bridgehead atoms. The number of carbonyl (C=O) groups excluding carboxylic acids is 1. The second-order valence-corrected chi connectivity index (χ2v) is 10.2. The van der Waals surface area contributed by atoms with Gasteiger partial charge in [0.05, 0.1) is 18.0 Å². The molecule has 0 aliphatic rings. The van der Waals surface area contributed by atoms with Gasteiger partial charge in [-0.25, -0.2) is 8.42 Å². The second-order valence-electron chi connectivity index (χ2n) is 8.35. The first kappa shape index (κ1) is 23.9. The van der Waals surface area contributed by atoms with Crippen LogP contribution in [0.5, 0.6) is 0 Å². The van der Waals surface area contributed by atoms with E-state index in [0.717, 1.165) is 29.4 Å². The van der Waals surface area contributed by atoms with E-state index in [0.29, 0.717) is 18.0 Å². The lowest BCUT2D eigenvalue weighted by Crippen LogP contribution is -2.50. The van der Waals surface area contributed by atoms with Crippen LogP contribution in [0.2, 0.25) is 0 Å². The number of carbonyl (C=O) groups is 1. The Bertz CT molecular complexity index is 956. The molecule has 1 N–H and O–H groups in total. The van der Waals surface area contributed by atoms with Crippen LogP contribution in [-0.2, 0) is 14.8 Å². The fourth-order valence-corrected chi connectivity index (χ4v) is 4.83. The predicted octanol–water partition coefficient (Wildman–Crippen LogP) is 4.75. The zero-order valence-corrected chi connectivity index (χ0v) is 19.7. The number of nitrogens with zero attached hydrogens (tertiary/aromatic N) is 1. The minimum absolute atomic E-state index is 0.172. The number of aryl methyl sites for hydroxylation is 2. The van der Waals surface area contributed by atoms with Crippen LogP contribution in [0.3, 0.4) is 0 Å². The molecule has 6 heteroatoms. The first-order chi connectivity index (χ1) is 14.0. The van der Waals surface area contributed by atoms with Crippen molar-refractivity contribution in [1.29, 1.82) is 0 Å². The van der Waals surface area contributed by atoms with Crippen molar-refractivity contribution >= 4 is 21.6 Å². The Labute approximate surface area is 181 Å². The number of hydrogen-bond acceptors (Lipinski definition) is 3. The Hall–Kier alpha value is -2.34. The van der Waals surface area contributed by atoms with Crippen molar-refractivity contribution in [3.05, 3.63) is 65.2 Å². The smallest absolute Gasteiger partial charge is 0.244 e. The molecule has 2 rings (SSSR count). The van der Waals surface area contributed by atoms with Gasteiger partial charge < -0.3 is 5.32 Å². The van der Waals surface area contributed by atoms with Gasteiger partial charge in [0, 0.05) is 0 Å². The Morgan fingerprint density at radius 3 is 2.17 bits per heavy atom. The number of sulfonamides is 1. The molecule has 2 atom stereocenters. The molecular formula is C24H34N2O3S. The first-order valence-corrected chi connectivity index (χ1v) is 12.3. The van der Waals surface area contributed by atoms with Crippen molar-refractivity contribution in [2.24, 2.45) is 5.92 Å². The summed E-state index contributed by atoms with van der Waals surface area (Å²) < 4.78 is 26.7. The van der Waals surface area contributed by atoms with Gasteiger partial charge in [0.15, 0.2) is 0 Å². The number of rotatable bonds is 9. The highest BCUT2D eigenvalue weighted by Gasteiger charge is 2.33. The van der Waals surface area contributed by atoms with Gasteiger partial charge >= 0.3 is 0 Å². The molecule has 30 heavy (non-hydrogen) atoms. The van der Waals surface area contributed by atoms with E-state index in [4.69, 9.17) is 0 Å². The number of nitrogens with one attached hydrogen (secondary N) is 1. The van der Waals surface area contributed by atoms with Crippen molar-refractivity contribution in [1.82, 2.24) is 5.32 Å². The van der Waals surface area contributed by atoms with Gasteiger partial charge in [0.25, 0.3) is 0 Å². The van der Waals surface area contributed by atoms with Crippen LogP contribution in [0, 0.1) is 19.8 Å². The molecule has 0 aliphatic carbocycles. The van der Waals surface area contributed by atoms with Gasteiger partial charge in [0.2, 0.25) is 15.9 Å². The summed E-state index contributed by atoms with van der Waals surface area (Å²) in [5.41, 5.74) is 3.60. The quantitative estimate of drug-likeness (QED) is 0.624. The summed E-state index contributed by atoms with van der Waals surface area (Å²) in [5, 5.41) is 3.12. The summed E-state index contributed by atoms with van der Waals surface area (Å²) in [4.78, 5) is 13.3. The summed E-state index contributed by atoms with van der Waals surface area (Å²) in [6.07, 6.45) is 2.30. The van der Waals surface area contributed by atoms with Crippen LogP contribution < -0.4 is 9.62 Å². The largest absolute Gasteiger partial charge is 0.347 e. The third-order valence-electron chi connectivity index (χ3n) is 5.30. The SMILES string of the molecule is CC[C@H](C(=O)N[C@H](CC(C)C)c1ccccc1)N(c1ccc(C)c(C)c1)S(C)(=O)=O. The van der Waals surface area contributed by atoms with E-state index >= 15 is 0 Å². The monoisotopic (exact) mass is 430 g/mol. The van der Waals surface area contributed by atoms with Gasteiger partial charge in [-0.2, -0.15) is 0 Å². The molecule has 0 aliphatic heterocycles. The molecule has 164 valence electrons. The third-order valence-corrected chi connectivity index (χ3v) is 6.48. The normalized spacial score (nSPS) is 13.7. The van der Waals surface area contributed by atoms with Crippen molar-refractivity contribution in [3.63, 3.8) is 0 Å². The topological polar surface area (TPSA) is 66.5 Å². The molecule has 1 amide bonds. The molecule has 0 fully saturated rings. The van der Waals surface area contributed by atoms with E-state index in [1.165, 1.54) is 4.31 Å². The minimum Gasteiger partial charge on any atom is -0.347 e. The maximum atomic E-state index is 13.3. The number of benzene rings is 2. The van der Waals surface area contributed by atoms with E-state index in [2.05, 4.69) is 19.2 Å². The molecule has 0 radical (unpaired) electrons. The fourth-order valence-electron chi connectivity index (χ4n) is 3.63. The van der Waals surface area contributed by atoms with Crippen LogP contribution in [-0.4, -0.2) is 26.6 Å². The maximum absolute atomic E-state index is 13.3. The highest BCUT2D eigenvalue weighted by Crippen LogP contribution is 2.27. The van der Waals surface area contributed by atoms with Crippen LogP contribution in [0.1, 0.15) is 56.3 Å². The molecular weight excluding hydrogens is 396 g/mol. The van der Waals surface area contributed by atoms with Gasteiger partial charge in [-0.3, -0.25) is 9.10 Å². The summed E-state index contributed by atoms with van der Waals surface area (Å²) in [5.74, 6) is 0.0944. The number of hydrogen-bond donors (Lipinski definition) is 1. The van der Waals surface area contributed by atoms with Crippen molar-refractivity contribution < 1.29 is 13.2 Å². The van der Waals surface area contributed by atoms with E-state index in [1.54, 1.807) is 6.07 Å². The standard InChI is InChI=1S/C24H34N2O3S/c1-7-23(26(30(6,28)29)21-14-13-18(4)19(5)16-21)24(27)25-22(15-17(2)3)20-11-9-8-10-12-20/h8-14,16-17,22-23H,7,15H2,1-6H3,(H,25,27)/t22-,23-/m1/s1.